The second-order valence-electron chi connectivity index (χ2n) is 13.6. The third-order valence-electron chi connectivity index (χ3n) is 10.8. The van der Waals surface area contributed by atoms with Gasteiger partial charge in [-0.25, -0.2) is 13.2 Å². The first-order chi connectivity index (χ1) is 21.5. The van der Waals surface area contributed by atoms with Gasteiger partial charge in [-0.1, -0.05) is 100 Å². The Bertz CT molecular complexity index is 1340. The van der Waals surface area contributed by atoms with Crippen molar-refractivity contribution < 1.29 is 13.2 Å². The molecule has 5 rings (SSSR count). The fourth-order valence-corrected chi connectivity index (χ4v) is 7.91. The van der Waals surface area contributed by atoms with Gasteiger partial charge >= 0.3 is 0 Å². The van der Waals surface area contributed by atoms with E-state index in [1.165, 1.54) is 64.2 Å². The third kappa shape index (κ3) is 8.06. The smallest absolute Gasteiger partial charge is 0.166 e. The minimum Gasteiger partial charge on any atom is -0.207 e. The lowest BCUT2D eigenvalue weighted by Crippen LogP contribution is -2.25. The van der Waals surface area contributed by atoms with Crippen LogP contribution in [0.4, 0.5) is 13.2 Å². The monoisotopic (exact) mass is 600 g/mol. The van der Waals surface area contributed by atoms with Gasteiger partial charge in [0, 0.05) is 5.56 Å². The van der Waals surface area contributed by atoms with Crippen LogP contribution in [0.1, 0.15) is 120 Å². The van der Waals surface area contributed by atoms with E-state index in [2.05, 4.69) is 19.6 Å². The van der Waals surface area contributed by atoms with E-state index in [9.17, 15) is 4.39 Å². The van der Waals surface area contributed by atoms with Crippen LogP contribution in [-0.4, -0.2) is 0 Å². The summed E-state index contributed by atoms with van der Waals surface area (Å²) >= 11 is 0. The average molecular weight is 601 g/mol. The SMILES string of the molecule is C=CC1CCC(C2CCC(c3ccc(-c4ccc(-c5ccc(CCCCCCCCC)c(F)c5F)cc4)cc3F)CC2)CC1. The van der Waals surface area contributed by atoms with Gasteiger partial charge in [0.1, 0.15) is 5.82 Å². The minimum absolute atomic E-state index is 0.133. The van der Waals surface area contributed by atoms with Crippen LogP contribution in [0, 0.1) is 35.2 Å². The lowest BCUT2D eigenvalue weighted by molar-refractivity contribution is 0.171. The van der Waals surface area contributed by atoms with Crippen molar-refractivity contribution in [1.82, 2.24) is 0 Å². The summed E-state index contributed by atoms with van der Waals surface area (Å²) in [4.78, 5) is 0. The molecular formula is C41H51F3. The maximum atomic E-state index is 15.4. The predicted octanol–water partition coefficient (Wildman–Crippen LogP) is 13.0. The van der Waals surface area contributed by atoms with Gasteiger partial charge in [0.25, 0.3) is 0 Å². The van der Waals surface area contributed by atoms with Gasteiger partial charge in [-0.3, -0.25) is 0 Å². The lowest BCUT2D eigenvalue weighted by atomic mass is 9.68. The Morgan fingerprint density at radius 1 is 0.636 bits per heavy atom. The zero-order valence-corrected chi connectivity index (χ0v) is 26.7. The zero-order valence-electron chi connectivity index (χ0n) is 26.7. The summed E-state index contributed by atoms with van der Waals surface area (Å²) in [5.41, 5.74) is 3.86. The number of benzene rings is 3. The van der Waals surface area contributed by atoms with Gasteiger partial charge in [-0.15, -0.1) is 6.58 Å². The third-order valence-corrected chi connectivity index (χ3v) is 10.8. The highest BCUT2D eigenvalue weighted by atomic mass is 19.2. The summed E-state index contributed by atoms with van der Waals surface area (Å²) in [6, 6.07) is 16.4. The highest BCUT2D eigenvalue weighted by Gasteiger charge is 2.31. The fourth-order valence-electron chi connectivity index (χ4n) is 7.91. The van der Waals surface area contributed by atoms with Crippen LogP contribution in [0.3, 0.4) is 0 Å². The van der Waals surface area contributed by atoms with Crippen LogP contribution in [0.25, 0.3) is 22.3 Å². The molecule has 0 bridgehead atoms. The van der Waals surface area contributed by atoms with Crippen molar-refractivity contribution in [1.29, 1.82) is 0 Å². The van der Waals surface area contributed by atoms with Crippen molar-refractivity contribution in [3.05, 3.63) is 95.8 Å². The quantitative estimate of drug-likeness (QED) is 0.135. The topological polar surface area (TPSA) is 0 Å². The summed E-state index contributed by atoms with van der Waals surface area (Å²) in [6.45, 7) is 6.18. The van der Waals surface area contributed by atoms with E-state index in [-0.39, 0.29) is 11.4 Å². The van der Waals surface area contributed by atoms with E-state index in [0.29, 0.717) is 29.4 Å². The van der Waals surface area contributed by atoms with Crippen LogP contribution < -0.4 is 0 Å². The first-order valence-electron chi connectivity index (χ1n) is 17.5. The average Bonchev–Trinajstić information content (AvgIpc) is 3.06. The molecule has 0 amide bonds. The number of rotatable bonds is 13. The van der Waals surface area contributed by atoms with Gasteiger partial charge in [-0.05, 0) is 122 Å². The minimum atomic E-state index is -0.784. The van der Waals surface area contributed by atoms with Crippen molar-refractivity contribution in [2.45, 2.75) is 116 Å². The molecule has 2 aliphatic carbocycles. The van der Waals surface area contributed by atoms with E-state index in [4.69, 9.17) is 0 Å². The molecule has 3 aromatic carbocycles. The van der Waals surface area contributed by atoms with Crippen LogP contribution in [-0.2, 0) is 6.42 Å². The summed E-state index contributed by atoms with van der Waals surface area (Å²) in [5.74, 6) is 0.964. The predicted molar refractivity (Wildman–Crippen MR) is 179 cm³/mol. The Kier molecular flexibility index (Phi) is 11.8. The molecule has 0 saturated heterocycles. The number of halogens is 3. The number of allylic oxidation sites excluding steroid dienone is 1. The summed E-state index contributed by atoms with van der Waals surface area (Å²) in [5, 5.41) is 0. The van der Waals surface area contributed by atoms with Gasteiger partial charge in [0.05, 0.1) is 0 Å². The number of aryl methyl sites for hydroxylation is 1. The molecule has 44 heavy (non-hydrogen) atoms. The molecule has 2 aliphatic rings. The van der Waals surface area contributed by atoms with Crippen LogP contribution >= 0.6 is 0 Å². The number of unbranched alkanes of at least 4 members (excludes halogenated alkanes) is 6. The largest absolute Gasteiger partial charge is 0.207 e. The normalized spacial score (nSPS) is 22.2. The fraction of sp³-hybridized carbons (Fsp3) is 0.512. The van der Waals surface area contributed by atoms with Crippen molar-refractivity contribution >= 4 is 0 Å². The summed E-state index contributed by atoms with van der Waals surface area (Å²) < 4.78 is 45.4. The standard InChI is InChI=1S/C41H51F3/c1-3-5-6-7-8-9-10-11-35-24-27-38(41(44)40(35)43)34-22-18-32(19-23-34)36-25-26-37(39(42)28-36)33-20-16-31(17-21-33)30-14-12-29(4-2)13-15-30/h4,18-19,22-31,33H,2-3,5-17,20-21H2,1H3. The molecule has 0 atom stereocenters. The van der Waals surface area contributed by atoms with Crippen molar-refractivity contribution in [2.75, 3.05) is 0 Å². The van der Waals surface area contributed by atoms with E-state index < -0.39 is 11.6 Å². The second kappa shape index (κ2) is 16.0. The second-order valence-corrected chi connectivity index (χ2v) is 13.6. The van der Waals surface area contributed by atoms with Gasteiger partial charge in [0.15, 0.2) is 11.6 Å². The van der Waals surface area contributed by atoms with Crippen molar-refractivity contribution in [2.24, 2.45) is 17.8 Å². The molecule has 3 aromatic rings. The summed E-state index contributed by atoms with van der Waals surface area (Å²) in [7, 11) is 0. The summed E-state index contributed by atoms with van der Waals surface area (Å²) in [6.07, 6.45) is 20.5. The molecular weight excluding hydrogens is 549 g/mol. The number of hydrogen-bond acceptors (Lipinski definition) is 0. The Balaban J connectivity index is 1.16. The van der Waals surface area contributed by atoms with Gasteiger partial charge < -0.3 is 0 Å². The maximum absolute atomic E-state index is 15.4. The molecule has 2 fully saturated rings. The highest BCUT2D eigenvalue weighted by Crippen LogP contribution is 2.44. The van der Waals surface area contributed by atoms with Gasteiger partial charge in [0.2, 0.25) is 0 Å². The van der Waals surface area contributed by atoms with Crippen LogP contribution in [0.2, 0.25) is 0 Å². The molecule has 3 heteroatoms. The lowest BCUT2D eigenvalue weighted by Gasteiger charge is -2.37. The van der Waals surface area contributed by atoms with Gasteiger partial charge in [-0.2, -0.15) is 0 Å². The Morgan fingerprint density at radius 2 is 1.23 bits per heavy atom. The highest BCUT2D eigenvalue weighted by molar-refractivity contribution is 5.71. The van der Waals surface area contributed by atoms with Crippen LogP contribution in [0.15, 0.2) is 67.3 Å². The maximum Gasteiger partial charge on any atom is 0.166 e. The molecule has 236 valence electrons. The number of hydrogen-bond donors (Lipinski definition) is 0. The van der Waals surface area contributed by atoms with E-state index in [0.717, 1.165) is 60.6 Å². The van der Waals surface area contributed by atoms with Crippen molar-refractivity contribution in [3.8, 4) is 22.3 Å². The van der Waals surface area contributed by atoms with E-state index in [1.54, 1.807) is 30.3 Å². The molecule has 0 nitrogen and oxygen atoms in total. The molecule has 0 radical (unpaired) electrons. The Labute approximate surface area is 264 Å². The van der Waals surface area contributed by atoms with E-state index in [1.807, 2.05) is 24.3 Å². The first kappa shape index (κ1) is 32.6. The molecule has 0 unspecified atom stereocenters. The zero-order chi connectivity index (χ0) is 30.9. The molecule has 0 aromatic heterocycles. The van der Waals surface area contributed by atoms with Crippen LogP contribution in [0.5, 0.6) is 0 Å². The molecule has 2 saturated carbocycles. The first-order valence-corrected chi connectivity index (χ1v) is 17.5. The molecule has 0 heterocycles. The van der Waals surface area contributed by atoms with E-state index >= 15 is 8.78 Å². The van der Waals surface area contributed by atoms with Crippen molar-refractivity contribution in [3.63, 3.8) is 0 Å². The molecule has 0 spiro atoms. The molecule has 0 aliphatic heterocycles. The Hall–Kier alpha value is -2.81. The molecule has 0 N–H and O–H groups in total. The Morgan fingerprint density at radius 3 is 1.86 bits per heavy atom.